The lowest BCUT2D eigenvalue weighted by Gasteiger charge is -2.21. The number of phosphoric acid groups is 2. The van der Waals surface area contributed by atoms with E-state index in [0.29, 0.717) is 19.3 Å². The molecule has 0 fully saturated rings. The number of aliphatic hydroxyl groups excluding tert-OH is 2. The summed E-state index contributed by atoms with van der Waals surface area (Å²) in [5, 5.41) is 20.8. The number of esters is 3. The summed E-state index contributed by atoms with van der Waals surface area (Å²) in [5.41, 5.74) is 0. The Bertz CT molecular complexity index is 3010. The molecule has 0 bridgehead atoms. The second kappa shape index (κ2) is 104. The van der Waals surface area contributed by atoms with Crippen LogP contribution >= 0.6 is 15.6 Å². The molecule has 0 rings (SSSR count). The van der Waals surface area contributed by atoms with Gasteiger partial charge in [0.2, 0.25) is 0 Å². The molecule has 0 aromatic heterocycles. The van der Waals surface area contributed by atoms with E-state index in [-0.39, 0.29) is 19.3 Å². The normalized spacial score (nSPS) is 14.2. The highest BCUT2D eigenvalue weighted by Gasteiger charge is 2.30. The van der Waals surface area contributed by atoms with Crippen LogP contribution in [0.1, 0.15) is 483 Å². The van der Waals surface area contributed by atoms with Crippen molar-refractivity contribution in [2.75, 3.05) is 39.6 Å². The molecule has 5 atom stereocenters. The molecule has 18 heteroatoms. The summed E-state index contributed by atoms with van der Waals surface area (Å²) in [5.74, 6) is -1.55. The van der Waals surface area contributed by atoms with Crippen molar-refractivity contribution in [3.63, 3.8) is 0 Å². The predicted octanol–water partition coefficient (Wildman–Crippen LogP) is 34.4. The van der Waals surface area contributed by atoms with Gasteiger partial charge in [-0.15, -0.1) is 0 Å². The molecule has 0 aromatic rings. The topological polar surface area (TPSA) is 231 Å². The Kier molecular flexibility index (Phi) is 100. The molecule has 0 amide bonds. The lowest BCUT2D eigenvalue weighted by molar-refractivity contribution is -0.161. The van der Waals surface area contributed by atoms with Crippen molar-refractivity contribution >= 4 is 33.6 Å². The Labute approximate surface area is 803 Å². The van der Waals surface area contributed by atoms with E-state index >= 15 is 0 Å². The molecule has 5 unspecified atom stereocenters. The zero-order chi connectivity index (χ0) is 95.0. The fraction of sp³-hybridized carbons (Fsp3) is 0.743. The smallest absolute Gasteiger partial charge is 0.463 e. The summed E-state index contributed by atoms with van der Waals surface area (Å²) < 4.78 is 61.8. The Balaban J connectivity index is 4.60. The molecule has 4 N–H and O–H groups in total. The minimum atomic E-state index is -4.95. The second-order valence-corrected chi connectivity index (χ2v) is 38.9. The van der Waals surface area contributed by atoms with Gasteiger partial charge >= 0.3 is 33.6 Å². The maximum Gasteiger partial charge on any atom is 0.472 e. The summed E-state index contributed by atoms with van der Waals surface area (Å²) in [6, 6.07) is 0. The van der Waals surface area contributed by atoms with E-state index in [1.807, 2.05) is 0 Å². The highest BCUT2D eigenvalue weighted by atomic mass is 31.2. The highest BCUT2D eigenvalue weighted by molar-refractivity contribution is 7.47. The van der Waals surface area contributed by atoms with Crippen molar-refractivity contribution in [2.45, 2.75) is 501 Å². The first kappa shape index (κ1) is 126. The third kappa shape index (κ3) is 105. The molecule has 0 radical (unpaired) electrons. The van der Waals surface area contributed by atoms with Gasteiger partial charge in [0, 0.05) is 19.3 Å². The van der Waals surface area contributed by atoms with Crippen LogP contribution in [-0.4, -0.2) is 95.9 Å². The number of hydrogen-bond donors (Lipinski definition) is 4. The Hall–Kier alpha value is -4.83. The van der Waals surface area contributed by atoms with Gasteiger partial charge in [-0.3, -0.25) is 32.5 Å². The number of phosphoric ester groups is 2. The van der Waals surface area contributed by atoms with Crippen LogP contribution in [0.2, 0.25) is 0 Å². The molecule has 0 aromatic carbocycles. The lowest BCUT2D eigenvalue weighted by atomic mass is 10.0. The lowest BCUT2D eigenvalue weighted by Crippen LogP contribution is -2.30. The molecule has 0 saturated carbocycles. The standard InChI is InChI=1S/C113H198O16P2/c1-4-7-10-13-16-19-22-25-28-31-34-37-40-43-46-49-52-53-56-58-60-63-66-69-72-75-78-81-84-87-90-93-96-99-111(116)123-102-108(114)103-125-130(119,120)126-104-109(115)105-127-131(121,122)128-107-110(129-113(118)101-98-95-92-89-86-83-80-77-74-71-68-65-62-59-55-51-48-45-42-39-36-33-30-27-24-21-18-15-12-9-6-3)106-124-112(117)100-97-94-91-88-85-82-79-76-73-70-67-64-61-57-54-50-47-44-41-38-35-32-29-26-23-20-17-14-11-8-5-2/h7,10,16-21,25-30,34-39,43-48,108-110,114-115H,4-6,8-9,11-15,22-24,31-33,40-42,49-107H2,1-3H3,(H,119,120)(H,121,122)/b10-7-,19-16-,20-17-,21-18-,28-25-,29-26-,30-27-,37-34-,38-35-,39-36-,46-43-,47-44-,48-45-. The SMILES string of the molecule is CC/C=C\C/C=C\C/C=C\C/C=C\C/C=C\CCCCCCCCCCCCCCCCCCCC(=O)OCC(O)COP(=O)(O)OCC(O)COP(=O)(O)OCC(COC(=O)CCCCCCCCCCCCCCCCC/C=C\C/C=C\C/C=C\C/C=C\CCCCC)OC(=O)CCCCCCCCCCCCCCCCC/C=C\C/C=C\C/C=C\C/C=C\CCCCC. The molecule has 131 heavy (non-hydrogen) atoms. The zero-order valence-electron chi connectivity index (χ0n) is 84.0. The minimum absolute atomic E-state index is 0.104. The van der Waals surface area contributed by atoms with E-state index < -0.39 is 91.5 Å². The van der Waals surface area contributed by atoms with Crippen molar-refractivity contribution in [1.29, 1.82) is 0 Å². The molecule has 0 saturated heterocycles. The van der Waals surface area contributed by atoms with Crippen LogP contribution in [0, 0.1) is 0 Å². The number of aliphatic hydroxyl groups is 2. The first-order chi connectivity index (χ1) is 64.2. The van der Waals surface area contributed by atoms with Gasteiger partial charge in [0.05, 0.1) is 26.4 Å². The summed E-state index contributed by atoms with van der Waals surface area (Å²) in [6.07, 6.45) is 136. The quantitative estimate of drug-likeness (QED) is 0.0146. The van der Waals surface area contributed by atoms with E-state index in [4.69, 9.17) is 32.3 Å². The minimum Gasteiger partial charge on any atom is -0.463 e. The average Bonchev–Trinajstić information content (AvgIpc) is 0.891. The predicted molar refractivity (Wildman–Crippen MR) is 556 cm³/mol. The fourth-order valence-electron chi connectivity index (χ4n) is 15.1. The van der Waals surface area contributed by atoms with Crippen LogP contribution in [0.4, 0.5) is 0 Å². The monoisotopic (exact) mass is 1870 g/mol. The molecule has 0 aliphatic carbocycles. The number of rotatable bonds is 102. The molecule has 0 aliphatic rings. The fourth-order valence-corrected chi connectivity index (χ4v) is 16.7. The molecule has 0 heterocycles. The van der Waals surface area contributed by atoms with Gasteiger partial charge in [-0.25, -0.2) is 9.13 Å². The Morgan fingerprint density at radius 3 is 0.641 bits per heavy atom. The first-order valence-corrected chi connectivity index (χ1v) is 56.8. The Morgan fingerprint density at radius 1 is 0.221 bits per heavy atom. The molecular weight excluding hydrogens is 1680 g/mol. The van der Waals surface area contributed by atoms with Crippen molar-refractivity contribution < 1.29 is 75.8 Å². The zero-order valence-corrected chi connectivity index (χ0v) is 85.8. The van der Waals surface area contributed by atoms with Crippen molar-refractivity contribution in [3.8, 4) is 0 Å². The van der Waals surface area contributed by atoms with Crippen LogP contribution in [0.25, 0.3) is 0 Å². The van der Waals surface area contributed by atoms with Gasteiger partial charge in [0.15, 0.2) is 6.10 Å². The first-order valence-electron chi connectivity index (χ1n) is 53.8. The maximum absolute atomic E-state index is 13.2. The van der Waals surface area contributed by atoms with Gasteiger partial charge < -0.3 is 34.2 Å². The van der Waals surface area contributed by atoms with Crippen LogP contribution in [0.15, 0.2) is 158 Å². The molecule has 0 aliphatic heterocycles. The number of carbonyl (C=O) groups excluding carboxylic acids is 3. The van der Waals surface area contributed by atoms with Gasteiger partial charge in [-0.05, 0) is 154 Å². The van der Waals surface area contributed by atoms with E-state index in [1.165, 1.54) is 289 Å². The average molecular weight is 1870 g/mol. The summed E-state index contributed by atoms with van der Waals surface area (Å²) in [6.45, 7) is 2.61. The van der Waals surface area contributed by atoms with Crippen molar-refractivity contribution in [2.24, 2.45) is 0 Å². The highest BCUT2D eigenvalue weighted by Crippen LogP contribution is 2.45. The van der Waals surface area contributed by atoms with Gasteiger partial charge in [-0.1, -0.05) is 468 Å². The van der Waals surface area contributed by atoms with E-state index in [2.05, 4.69) is 179 Å². The third-order valence-corrected chi connectivity index (χ3v) is 25.1. The Morgan fingerprint density at radius 2 is 0.405 bits per heavy atom. The van der Waals surface area contributed by atoms with E-state index in [9.17, 15) is 43.5 Å². The summed E-state index contributed by atoms with van der Waals surface area (Å²) in [4.78, 5) is 59.3. The van der Waals surface area contributed by atoms with Gasteiger partial charge in [0.25, 0.3) is 0 Å². The summed E-state index contributed by atoms with van der Waals surface area (Å²) >= 11 is 0. The number of allylic oxidation sites excluding steroid dienone is 26. The van der Waals surface area contributed by atoms with E-state index in [0.717, 1.165) is 135 Å². The van der Waals surface area contributed by atoms with Crippen molar-refractivity contribution in [3.05, 3.63) is 158 Å². The number of hydrogen-bond acceptors (Lipinski definition) is 14. The van der Waals surface area contributed by atoms with Crippen LogP contribution in [0.3, 0.4) is 0 Å². The van der Waals surface area contributed by atoms with Crippen molar-refractivity contribution in [1.82, 2.24) is 0 Å². The van der Waals surface area contributed by atoms with Gasteiger partial charge in [0.1, 0.15) is 25.4 Å². The molecule has 756 valence electrons. The van der Waals surface area contributed by atoms with E-state index in [1.54, 1.807) is 0 Å². The molecule has 0 spiro atoms. The number of carbonyl (C=O) groups is 3. The van der Waals surface area contributed by atoms with Crippen LogP contribution in [-0.2, 0) is 55.8 Å². The van der Waals surface area contributed by atoms with Crippen LogP contribution in [0.5, 0.6) is 0 Å². The molecular formula is C113H198O16P2. The third-order valence-electron chi connectivity index (χ3n) is 23.2. The second-order valence-electron chi connectivity index (χ2n) is 36.0. The van der Waals surface area contributed by atoms with Crippen LogP contribution < -0.4 is 0 Å². The molecule has 16 nitrogen and oxygen atoms in total. The maximum atomic E-state index is 13.2. The number of unbranched alkanes of at least 4 members (excludes halogenated alkanes) is 53. The largest absolute Gasteiger partial charge is 0.472 e. The van der Waals surface area contributed by atoms with Gasteiger partial charge in [-0.2, -0.15) is 0 Å². The summed E-state index contributed by atoms with van der Waals surface area (Å²) in [7, 11) is -9.82. The number of ether oxygens (including phenoxy) is 3.